The topological polar surface area (TPSA) is 107 Å². The van der Waals surface area contributed by atoms with Crippen LogP contribution in [0.25, 0.3) is 0 Å². The van der Waals surface area contributed by atoms with Gasteiger partial charge in [0.25, 0.3) is 0 Å². The lowest BCUT2D eigenvalue weighted by molar-refractivity contribution is -0.136. The number of hydrogen-bond acceptors (Lipinski definition) is 5. The van der Waals surface area contributed by atoms with Crippen molar-refractivity contribution in [3.8, 4) is 0 Å². The van der Waals surface area contributed by atoms with Crippen molar-refractivity contribution in [2.24, 2.45) is 0 Å². The SMILES string of the molecule is CC/C=C\C[C@@H](O)/C=C/[C@@H]1O[C@H]([C@H](O)C/C=C\C/C=C\CCC(=O)O)C[C@@H]1O. The Bertz CT molecular complexity index is 551. The lowest BCUT2D eigenvalue weighted by atomic mass is 10.0. The predicted octanol–water partition coefficient (Wildman–Crippen LogP) is 2.90. The highest BCUT2D eigenvalue weighted by Crippen LogP contribution is 2.25. The number of allylic oxidation sites excluding steroid dienone is 4. The van der Waals surface area contributed by atoms with Crippen molar-refractivity contribution in [1.82, 2.24) is 0 Å². The van der Waals surface area contributed by atoms with Crippen LogP contribution in [0.2, 0.25) is 0 Å². The van der Waals surface area contributed by atoms with Crippen LogP contribution in [-0.4, -0.2) is 56.9 Å². The molecule has 0 radical (unpaired) electrons. The summed E-state index contributed by atoms with van der Waals surface area (Å²) in [5, 5.41) is 38.8. The van der Waals surface area contributed by atoms with Crippen molar-refractivity contribution >= 4 is 5.97 Å². The molecule has 0 bridgehead atoms. The van der Waals surface area contributed by atoms with E-state index in [4.69, 9.17) is 9.84 Å². The summed E-state index contributed by atoms with van der Waals surface area (Å²) >= 11 is 0. The molecule has 1 aliphatic rings. The lowest BCUT2D eigenvalue weighted by Gasteiger charge is -2.16. The number of hydrogen-bond donors (Lipinski definition) is 4. The second-order valence-corrected chi connectivity index (χ2v) is 6.92. The van der Waals surface area contributed by atoms with Crippen molar-refractivity contribution in [1.29, 1.82) is 0 Å². The average molecular weight is 395 g/mol. The van der Waals surface area contributed by atoms with E-state index in [1.807, 2.05) is 43.4 Å². The summed E-state index contributed by atoms with van der Waals surface area (Å²) < 4.78 is 5.72. The van der Waals surface area contributed by atoms with E-state index in [0.717, 1.165) is 6.42 Å². The van der Waals surface area contributed by atoms with E-state index in [9.17, 15) is 20.1 Å². The first kappa shape index (κ1) is 24.3. The maximum atomic E-state index is 10.4. The van der Waals surface area contributed by atoms with Gasteiger partial charge in [-0.05, 0) is 32.1 Å². The molecule has 0 unspecified atom stereocenters. The molecule has 1 heterocycles. The first-order valence-electron chi connectivity index (χ1n) is 9.98. The van der Waals surface area contributed by atoms with Crippen LogP contribution in [0, 0.1) is 0 Å². The highest BCUT2D eigenvalue weighted by molar-refractivity contribution is 5.66. The standard InChI is InChI=1S/C22H34O6/c1-2-3-8-11-17(23)14-15-20-19(25)16-21(28-20)18(24)12-9-6-4-5-7-10-13-22(26)27/h3,5-9,14-15,17-21,23-25H,2,4,10-13,16H2,1H3,(H,26,27)/b7-5-,8-3-,9-6-,15-14+/t17-,18-,19+,20+,21+/m1/s1. The van der Waals surface area contributed by atoms with E-state index in [2.05, 4.69) is 0 Å². The second kappa shape index (κ2) is 14.3. The first-order chi connectivity index (χ1) is 13.4. The molecule has 1 fully saturated rings. The van der Waals surface area contributed by atoms with Crippen LogP contribution in [0.4, 0.5) is 0 Å². The summed E-state index contributed by atoms with van der Waals surface area (Å²) in [6.07, 6.45) is 15.2. The van der Waals surface area contributed by atoms with Gasteiger partial charge in [0.05, 0.1) is 24.4 Å². The number of aliphatic hydroxyl groups is 3. The molecule has 0 aromatic rings. The second-order valence-electron chi connectivity index (χ2n) is 6.92. The van der Waals surface area contributed by atoms with Gasteiger partial charge in [0, 0.05) is 12.8 Å². The highest BCUT2D eigenvalue weighted by Gasteiger charge is 2.35. The van der Waals surface area contributed by atoms with Crippen LogP contribution in [0.3, 0.4) is 0 Å². The van der Waals surface area contributed by atoms with Crippen LogP contribution in [0.15, 0.2) is 48.6 Å². The number of carbonyl (C=O) groups is 1. The van der Waals surface area contributed by atoms with E-state index >= 15 is 0 Å². The molecule has 6 nitrogen and oxygen atoms in total. The van der Waals surface area contributed by atoms with E-state index < -0.39 is 36.5 Å². The highest BCUT2D eigenvalue weighted by atomic mass is 16.5. The smallest absolute Gasteiger partial charge is 0.303 e. The van der Waals surface area contributed by atoms with E-state index in [-0.39, 0.29) is 6.42 Å². The van der Waals surface area contributed by atoms with Gasteiger partial charge in [-0.15, -0.1) is 0 Å². The van der Waals surface area contributed by atoms with E-state index in [1.54, 1.807) is 12.2 Å². The average Bonchev–Trinajstić information content (AvgIpc) is 3.03. The maximum absolute atomic E-state index is 10.4. The molecule has 0 aliphatic carbocycles. The molecule has 4 N–H and O–H groups in total. The third-order valence-corrected chi connectivity index (χ3v) is 4.42. The molecular formula is C22H34O6. The van der Waals surface area contributed by atoms with Crippen LogP contribution < -0.4 is 0 Å². The summed E-state index contributed by atoms with van der Waals surface area (Å²) in [5.74, 6) is -0.807. The fourth-order valence-corrected chi connectivity index (χ4v) is 2.84. The first-order valence-corrected chi connectivity index (χ1v) is 9.98. The molecule has 0 aromatic carbocycles. The molecule has 6 heteroatoms. The van der Waals surface area contributed by atoms with Gasteiger partial charge in [-0.3, -0.25) is 4.79 Å². The van der Waals surface area contributed by atoms with E-state index in [0.29, 0.717) is 32.1 Å². The number of aliphatic hydroxyl groups excluding tert-OH is 3. The van der Waals surface area contributed by atoms with Crippen LogP contribution in [0.1, 0.15) is 51.9 Å². The molecule has 0 aromatic heterocycles. The normalized spacial score (nSPS) is 25.5. The third kappa shape index (κ3) is 10.6. The number of carboxylic acids is 1. The minimum Gasteiger partial charge on any atom is -0.481 e. The largest absolute Gasteiger partial charge is 0.481 e. The molecule has 0 spiro atoms. The van der Waals surface area contributed by atoms with Gasteiger partial charge in [0.2, 0.25) is 0 Å². The van der Waals surface area contributed by atoms with Crippen LogP contribution >= 0.6 is 0 Å². The molecular weight excluding hydrogens is 360 g/mol. The van der Waals surface area contributed by atoms with Gasteiger partial charge in [0.1, 0.15) is 6.10 Å². The molecule has 1 saturated heterocycles. The number of carboxylic acid groups (broad SMARTS) is 1. The number of ether oxygens (including phenoxy) is 1. The summed E-state index contributed by atoms with van der Waals surface area (Å²) in [7, 11) is 0. The molecule has 28 heavy (non-hydrogen) atoms. The Morgan fingerprint density at radius 1 is 1.11 bits per heavy atom. The lowest BCUT2D eigenvalue weighted by Crippen LogP contribution is -2.25. The Labute approximate surface area is 167 Å². The Balaban J connectivity index is 2.31. The van der Waals surface area contributed by atoms with Gasteiger partial charge < -0.3 is 25.2 Å². The summed E-state index contributed by atoms with van der Waals surface area (Å²) in [4.78, 5) is 10.4. The third-order valence-electron chi connectivity index (χ3n) is 4.42. The Morgan fingerprint density at radius 3 is 2.54 bits per heavy atom. The van der Waals surface area contributed by atoms with Gasteiger partial charge in [0.15, 0.2) is 0 Å². The van der Waals surface area contributed by atoms with Crippen molar-refractivity contribution in [3.05, 3.63) is 48.6 Å². The Kier molecular flexibility index (Phi) is 12.4. The zero-order valence-corrected chi connectivity index (χ0v) is 16.6. The van der Waals surface area contributed by atoms with E-state index in [1.165, 1.54) is 0 Å². The summed E-state index contributed by atoms with van der Waals surface area (Å²) in [6.45, 7) is 2.03. The Morgan fingerprint density at radius 2 is 1.82 bits per heavy atom. The van der Waals surface area contributed by atoms with Crippen molar-refractivity contribution in [2.45, 2.75) is 82.4 Å². The summed E-state index contributed by atoms with van der Waals surface area (Å²) in [6, 6.07) is 0. The minimum absolute atomic E-state index is 0.127. The zero-order chi connectivity index (χ0) is 20.8. The fraction of sp³-hybridized carbons (Fsp3) is 0.591. The zero-order valence-electron chi connectivity index (χ0n) is 16.6. The van der Waals surface area contributed by atoms with Crippen LogP contribution in [-0.2, 0) is 9.53 Å². The number of aliphatic carboxylic acids is 1. The van der Waals surface area contributed by atoms with Gasteiger partial charge in [-0.1, -0.05) is 55.5 Å². The van der Waals surface area contributed by atoms with Gasteiger partial charge in [-0.2, -0.15) is 0 Å². The van der Waals surface area contributed by atoms with Crippen molar-refractivity contribution < 1.29 is 30.0 Å². The summed E-state index contributed by atoms with van der Waals surface area (Å²) in [5.41, 5.74) is 0. The van der Waals surface area contributed by atoms with Crippen molar-refractivity contribution in [2.75, 3.05) is 0 Å². The number of rotatable bonds is 13. The van der Waals surface area contributed by atoms with Crippen molar-refractivity contribution in [3.63, 3.8) is 0 Å². The van der Waals surface area contributed by atoms with Gasteiger partial charge >= 0.3 is 5.97 Å². The molecule has 5 atom stereocenters. The van der Waals surface area contributed by atoms with Gasteiger partial charge in [-0.25, -0.2) is 0 Å². The minimum atomic E-state index is -0.807. The fourth-order valence-electron chi connectivity index (χ4n) is 2.84. The Hall–Kier alpha value is -1.73. The molecule has 1 aliphatic heterocycles. The monoisotopic (exact) mass is 394 g/mol. The quantitative estimate of drug-likeness (QED) is 0.358. The molecule has 0 amide bonds. The maximum Gasteiger partial charge on any atom is 0.303 e. The molecule has 1 rings (SSSR count). The predicted molar refractivity (Wildman–Crippen MR) is 109 cm³/mol. The van der Waals surface area contributed by atoms with Crippen LogP contribution in [0.5, 0.6) is 0 Å². The molecule has 158 valence electrons. The molecule has 0 saturated carbocycles.